The molecule has 0 saturated carbocycles. The van der Waals surface area contributed by atoms with Crippen molar-refractivity contribution in [2.75, 3.05) is 13.1 Å². The SMILES string of the molecule is O=C(c1cccc(F)c1)N1CCCC(Cc2nc(-c3ccsc3)no2)C1. The standard InChI is InChI=1S/C19H18FN3O2S/c20-16-5-1-4-14(10-16)19(24)23-7-2-3-13(11-23)9-17-21-18(22-25-17)15-6-8-26-12-15/h1,4-6,8,10,12-13H,2-3,7,9,11H2. The zero-order chi connectivity index (χ0) is 17.9. The summed E-state index contributed by atoms with van der Waals surface area (Å²) in [6.07, 6.45) is 2.56. The molecule has 1 aliphatic heterocycles. The van der Waals surface area contributed by atoms with E-state index in [9.17, 15) is 9.18 Å². The van der Waals surface area contributed by atoms with Crippen LogP contribution >= 0.6 is 11.3 Å². The van der Waals surface area contributed by atoms with Gasteiger partial charge >= 0.3 is 0 Å². The number of amides is 1. The Hall–Kier alpha value is -2.54. The van der Waals surface area contributed by atoms with E-state index in [1.54, 1.807) is 28.4 Å². The maximum atomic E-state index is 13.4. The van der Waals surface area contributed by atoms with Crippen molar-refractivity contribution in [1.29, 1.82) is 0 Å². The number of hydrogen-bond donors (Lipinski definition) is 0. The highest BCUT2D eigenvalue weighted by molar-refractivity contribution is 7.08. The lowest BCUT2D eigenvalue weighted by atomic mass is 9.94. The van der Waals surface area contributed by atoms with Crippen molar-refractivity contribution in [3.8, 4) is 11.4 Å². The number of nitrogens with zero attached hydrogens (tertiary/aromatic N) is 3. The highest BCUT2D eigenvalue weighted by Crippen LogP contribution is 2.24. The van der Waals surface area contributed by atoms with Crippen LogP contribution in [0.3, 0.4) is 0 Å². The lowest BCUT2D eigenvalue weighted by Crippen LogP contribution is -2.40. The molecule has 134 valence electrons. The van der Waals surface area contributed by atoms with Crippen LogP contribution in [-0.2, 0) is 6.42 Å². The Morgan fingerprint density at radius 2 is 2.31 bits per heavy atom. The Bertz CT molecular complexity index is 894. The second-order valence-electron chi connectivity index (χ2n) is 6.50. The third-order valence-electron chi connectivity index (χ3n) is 4.59. The van der Waals surface area contributed by atoms with Crippen LogP contribution in [0.4, 0.5) is 4.39 Å². The van der Waals surface area contributed by atoms with E-state index in [0.717, 1.165) is 18.4 Å². The predicted octanol–water partition coefficient (Wildman–Crippen LogP) is 4.03. The topological polar surface area (TPSA) is 59.2 Å². The van der Waals surface area contributed by atoms with Gasteiger partial charge in [-0.25, -0.2) is 4.39 Å². The highest BCUT2D eigenvalue weighted by Gasteiger charge is 2.26. The van der Waals surface area contributed by atoms with Gasteiger partial charge in [0.05, 0.1) is 0 Å². The van der Waals surface area contributed by atoms with E-state index >= 15 is 0 Å². The van der Waals surface area contributed by atoms with E-state index in [0.29, 0.717) is 36.8 Å². The van der Waals surface area contributed by atoms with Gasteiger partial charge in [0, 0.05) is 36.0 Å². The summed E-state index contributed by atoms with van der Waals surface area (Å²) in [6, 6.07) is 7.81. The summed E-state index contributed by atoms with van der Waals surface area (Å²) in [6.45, 7) is 1.31. The van der Waals surface area contributed by atoms with Crippen LogP contribution in [0.15, 0.2) is 45.6 Å². The first-order chi connectivity index (χ1) is 12.7. The molecule has 0 spiro atoms. The summed E-state index contributed by atoms with van der Waals surface area (Å²) in [7, 11) is 0. The molecule has 1 aliphatic rings. The molecular weight excluding hydrogens is 353 g/mol. The minimum absolute atomic E-state index is 0.126. The van der Waals surface area contributed by atoms with Gasteiger partial charge in [-0.3, -0.25) is 4.79 Å². The van der Waals surface area contributed by atoms with Gasteiger partial charge in [-0.1, -0.05) is 11.2 Å². The van der Waals surface area contributed by atoms with E-state index in [1.807, 2.05) is 16.8 Å². The molecule has 0 bridgehead atoms. The Morgan fingerprint density at radius 3 is 3.12 bits per heavy atom. The van der Waals surface area contributed by atoms with E-state index in [1.165, 1.54) is 12.1 Å². The third-order valence-corrected chi connectivity index (χ3v) is 5.27. The van der Waals surface area contributed by atoms with Gasteiger partial charge in [0.25, 0.3) is 5.91 Å². The lowest BCUT2D eigenvalue weighted by molar-refractivity contribution is 0.0667. The van der Waals surface area contributed by atoms with Gasteiger partial charge in [-0.05, 0) is 48.4 Å². The molecule has 5 nitrogen and oxygen atoms in total. The number of aromatic nitrogens is 2. The second kappa shape index (κ2) is 7.37. The van der Waals surface area contributed by atoms with E-state index < -0.39 is 5.82 Å². The minimum atomic E-state index is -0.392. The van der Waals surface area contributed by atoms with Crippen molar-refractivity contribution in [1.82, 2.24) is 15.0 Å². The number of halogens is 1. The van der Waals surface area contributed by atoms with E-state index in [-0.39, 0.29) is 11.8 Å². The molecule has 0 N–H and O–H groups in total. The third kappa shape index (κ3) is 3.67. The Morgan fingerprint density at radius 1 is 1.38 bits per heavy atom. The van der Waals surface area contributed by atoms with Crippen molar-refractivity contribution in [3.63, 3.8) is 0 Å². The fraction of sp³-hybridized carbons (Fsp3) is 0.316. The predicted molar refractivity (Wildman–Crippen MR) is 96.3 cm³/mol. The summed E-state index contributed by atoms with van der Waals surface area (Å²) in [5.41, 5.74) is 1.35. The molecule has 26 heavy (non-hydrogen) atoms. The second-order valence-corrected chi connectivity index (χ2v) is 7.28. The van der Waals surface area contributed by atoms with Crippen LogP contribution in [-0.4, -0.2) is 34.0 Å². The highest BCUT2D eigenvalue weighted by atomic mass is 32.1. The first-order valence-corrected chi connectivity index (χ1v) is 9.53. The molecule has 1 aromatic carbocycles. The van der Waals surface area contributed by atoms with Crippen LogP contribution in [0, 0.1) is 11.7 Å². The smallest absolute Gasteiger partial charge is 0.253 e. The molecule has 1 saturated heterocycles. The first-order valence-electron chi connectivity index (χ1n) is 8.59. The van der Waals surface area contributed by atoms with Crippen LogP contribution in [0.2, 0.25) is 0 Å². The Labute approximate surface area is 154 Å². The van der Waals surface area contributed by atoms with Gasteiger partial charge in [0.2, 0.25) is 11.7 Å². The molecule has 0 aliphatic carbocycles. The van der Waals surface area contributed by atoms with Crippen molar-refractivity contribution in [3.05, 3.63) is 58.4 Å². The molecule has 7 heteroatoms. The van der Waals surface area contributed by atoms with Gasteiger partial charge in [-0.15, -0.1) is 0 Å². The number of benzene rings is 1. The molecule has 3 heterocycles. The molecule has 2 aromatic heterocycles. The molecule has 4 rings (SSSR count). The van der Waals surface area contributed by atoms with Crippen LogP contribution in [0.5, 0.6) is 0 Å². The van der Waals surface area contributed by atoms with Crippen molar-refractivity contribution in [2.45, 2.75) is 19.3 Å². The largest absolute Gasteiger partial charge is 0.339 e. The number of piperidine rings is 1. The number of likely N-dealkylation sites (tertiary alicyclic amines) is 1. The van der Waals surface area contributed by atoms with Crippen LogP contribution in [0.1, 0.15) is 29.1 Å². The average molecular weight is 371 g/mol. The quantitative estimate of drug-likeness (QED) is 0.695. The van der Waals surface area contributed by atoms with Gasteiger partial charge in [0.15, 0.2) is 0 Å². The van der Waals surface area contributed by atoms with Crippen molar-refractivity contribution in [2.24, 2.45) is 5.92 Å². The number of rotatable bonds is 4. The van der Waals surface area contributed by atoms with Crippen LogP contribution < -0.4 is 0 Å². The molecular formula is C19H18FN3O2S. The van der Waals surface area contributed by atoms with E-state index in [2.05, 4.69) is 10.1 Å². The molecule has 1 fully saturated rings. The number of thiophene rings is 1. The zero-order valence-electron chi connectivity index (χ0n) is 14.1. The summed E-state index contributed by atoms with van der Waals surface area (Å²) < 4.78 is 18.8. The van der Waals surface area contributed by atoms with Crippen molar-refractivity contribution < 1.29 is 13.7 Å². The number of hydrogen-bond acceptors (Lipinski definition) is 5. The molecule has 1 atom stereocenters. The number of carbonyl (C=O) groups is 1. The van der Waals surface area contributed by atoms with Gasteiger partial charge in [-0.2, -0.15) is 16.3 Å². The summed E-state index contributed by atoms with van der Waals surface area (Å²) in [4.78, 5) is 18.9. The maximum Gasteiger partial charge on any atom is 0.253 e. The maximum absolute atomic E-state index is 13.4. The molecule has 1 unspecified atom stereocenters. The fourth-order valence-electron chi connectivity index (χ4n) is 3.31. The molecule has 1 amide bonds. The Balaban J connectivity index is 1.41. The summed E-state index contributed by atoms with van der Waals surface area (Å²) in [5, 5.41) is 7.99. The zero-order valence-corrected chi connectivity index (χ0v) is 14.9. The molecule has 0 radical (unpaired) electrons. The first kappa shape index (κ1) is 16.9. The Kier molecular flexibility index (Phi) is 4.79. The van der Waals surface area contributed by atoms with Crippen molar-refractivity contribution >= 4 is 17.2 Å². The normalized spacial score (nSPS) is 17.4. The summed E-state index contributed by atoms with van der Waals surface area (Å²) in [5.74, 6) is 0.938. The monoisotopic (exact) mass is 371 g/mol. The number of carbonyl (C=O) groups excluding carboxylic acids is 1. The fourth-order valence-corrected chi connectivity index (χ4v) is 3.95. The van der Waals surface area contributed by atoms with Gasteiger partial charge in [0.1, 0.15) is 5.82 Å². The average Bonchev–Trinajstić information content (AvgIpc) is 3.33. The summed E-state index contributed by atoms with van der Waals surface area (Å²) >= 11 is 1.59. The minimum Gasteiger partial charge on any atom is -0.339 e. The van der Waals surface area contributed by atoms with E-state index in [4.69, 9.17) is 4.52 Å². The van der Waals surface area contributed by atoms with Gasteiger partial charge < -0.3 is 9.42 Å². The lowest BCUT2D eigenvalue weighted by Gasteiger charge is -2.32. The molecule has 3 aromatic rings. The van der Waals surface area contributed by atoms with Crippen LogP contribution in [0.25, 0.3) is 11.4 Å².